The molecule has 6 heterocycles. The molecule has 4 aromatic heterocycles. The van der Waals surface area contributed by atoms with E-state index in [4.69, 9.17) is 11.6 Å². The molecule has 14 nitrogen and oxygen atoms in total. The number of carbonyl (C=O) groups excluding carboxylic acids is 2. The van der Waals surface area contributed by atoms with Crippen LogP contribution in [-0.2, 0) is 9.59 Å². The zero-order chi connectivity index (χ0) is 46.4. The standard InChI is InChI=1S/C22H21F3N6O.C13H15ClF2N4O.C9H7FN2/c1-3-16-20(32)29(2)17-12-27-21(28-19(17)31(16)15-10-22(24,25)11-15)30-8-7-26-18(30)13-5-4-6-14(23)9-13;1-3-8-11(21)19(2)9-6-17-12(14)18-10(9)20(8)7-4-13(15,16)5-7;10-8-3-1-2-7(6-8)9-11-4-5-12-9/h4-9,12,15-16H,3,10-11H2,1-2H3;6-8H,3-5H2,1-2H3;1-6H,(H,11,12)/t16-;8-;/m11./s1. The molecule has 2 fully saturated rings. The van der Waals surface area contributed by atoms with Gasteiger partial charge in [0, 0.05) is 87.8 Å². The molecule has 2 amide bonds. The SMILES string of the molecule is CC[C@@H]1C(=O)N(C)c2cnc(-n3ccnc3-c3cccc(F)c3)nc2N1C1CC(F)(F)C1.CC[C@@H]1C(=O)N(C)c2cnc(Cl)nc2N1C1CC(F)(F)C1.Fc1cccc(-c2ncc[nH]2)c1. The fraction of sp³-hybridized carbons (Fsp3) is 0.364. The minimum Gasteiger partial charge on any atom is -0.345 e. The molecule has 65 heavy (non-hydrogen) atoms. The number of amides is 2. The van der Waals surface area contributed by atoms with E-state index in [9.17, 15) is 35.9 Å². The average molecular weight is 921 g/mol. The fourth-order valence-corrected chi connectivity index (χ4v) is 8.63. The maximum absolute atomic E-state index is 13.8. The van der Waals surface area contributed by atoms with Gasteiger partial charge in [-0.05, 0) is 48.7 Å². The van der Waals surface area contributed by atoms with E-state index in [2.05, 4.69) is 34.9 Å². The molecule has 0 radical (unpaired) electrons. The summed E-state index contributed by atoms with van der Waals surface area (Å²) < 4.78 is 81.9. The number of rotatable bonds is 7. The lowest BCUT2D eigenvalue weighted by atomic mass is 9.85. The van der Waals surface area contributed by atoms with Gasteiger partial charge < -0.3 is 24.6 Å². The minimum atomic E-state index is -2.74. The van der Waals surface area contributed by atoms with Crippen LogP contribution in [0.5, 0.6) is 0 Å². The number of anilines is 4. The monoisotopic (exact) mass is 920 g/mol. The Kier molecular flexibility index (Phi) is 12.3. The summed E-state index contributed by atoms with van der Waals surface area (Å²) in [7, 11) is 3.27. The van der Waals surface area contributed by atoms with Crippen molar-refractivity contribution in [3.63, 3.8) is 0 Å². The summed E-state index contributed by atoms with van der Waals surface area (Å²) in [6.45, 7) is 3.71. The quantitative estimate of drug-likeness (QED) is 0.122. The number of alkyl halides is 4. The van der Waals surface area contributed by atoms with Crippen molar-refractivity contribution in [1.29, 1.82) is 0 Å². The van der Waals surface area contributed by atoms with Crippen LogP contribution in [-0.4, -0.2) is 101 Å². The zero-order valence-electron chi connectivity index (χ0n) is 35.5. The van der Waals surface area contributed by atoms with Gasteiger partial charge in [-0.25, -0.2) is 46.3 Å². The van der Waals surface area contributed by atoms with Gasteiger partial charge in [-0.3, -0.25) is 14.2 Å². The Hall–Kier alpha value is -6.57. The smallest absolute Gasteiger partial charge is 0.252 e. The van der Waals surface area contributed by atoms with E-state index < -0.39 is 41.8 Å². The van der Waals surface area contributed by atoms with Gasteiger partial charge in [-0.2, -0.15) is 9.97 Å². The van der Waals surface area contributed by atoms with E-state index >= 15 is 0 Å². The Morgan fingerprint density at radius 1 is 0.708 bits per heavy atom. The Morgan fingerprint density at radius 2 is 1.23 bits per heavy atom. The van der Waals surface area contributed by atoms with Crippen molar-refractivity contribution < 1.29 is 35.9 Å². The molecule has 2 aromatic carbocycles. The molecule has 0 saturated heterocycles. The first-order valence-electron chi connectivity index (χ1n) is 20.8. The molecule has 10 rings (SSSR count). The number of imidazole rings is 2. The second-order valence-corrected chi connectivity index (χ2v) is 16.4. The third kappa shape index (κ3) is 8.95. The Bertz CT molecular complexity index is 2690. The first-order valence-corrected chi connectivity index (χ1v) is 21.2. The summed E-state index contributed by atoms with van der Waals surface area (Å²) >= 11 is 5.84. The summed E-state index contributed by atoms with van der Waals surface area (Å²) in [6.07, 6.45) is 9.34. The van der Waals surface area contributed by atoms with Crippen molar-refractivity contribution in [2.24, 2.45) is 0 Å². The molecule has 2 aliphatic carbocycles. The number of hydrogen-bond acceptors (Lipinski definition) is 10. The number of aromatic amines is 1. The number of likely N-dealkylation sites (N-methyl/N-ethyl adjacent to an activating group) is 2. The lowest BCUT2D eigenvalue weighted by molar-refractivity contribution is -0.122. The van der Waals surface area contributed by atoms with Gasteiger partial charge in [0.15, 0.2) is 11.6 Å². The molecule has 0 bridgehead atoms. The van der Waals surface area contributed by atoms with Crippen LogP contribution in [0.2, 0.25) is 5.28 Å². The Morgan fingerprint density at radius 3 is 1.74 bits per heavy atom. The van der Waals surface area contributed by atoms with Crippen molar-refractivity contribution in [1.82, 2.24) is 39.5 Å². The highest BCUT2D eigenvalue weighted by atomic mass is 35.5. The van der Waals surface area contributed by atoms with E-state index in [0.29, 0.717) is 53.1 Å². The minimum absolute atomic E-state index is 0.0439. The van der Waals surface area contributed by atoms with Crippen LogP contribution in [0.15, 0.2) is 85.7 Å². The van der Waals surface area contributed by atoms with E-state index in [-0.39, 0.29) is 54.5 Å². The maximum atomic E-state index is 13.8. The van der Waals surface area contributed by atoms with Crippen molar-refractivity contribution in [2.45, 2.75) is 88.4 Å². The third-order valence-corrected chi connectivity index (χ3v) is 12.0. The molecular formula is C44H43ClF6N12O2. The maximum Gasteiger partial charge on any atom is 0.252 e. The molecule has 0 unspecified atom stereocenters. The summed E-state index contributed by atoms with van der Waals surface area (Å²) in [6, 6.07) is 10.4. The van der Waals surface area contributed by atoms with Gasteiger partial charge in [-0.1, -0.05) is 38.1 Å². The summed E-state index contributed by atoms with van der Waals surface area (Å²) in [5.41, 5.74) is 2.28. The van der Waals surface area contributed by atoms with Crippen LogP contribution in [0.4, 0.5) is 49.4 Å². The second-order valence-electron chi connectivity index (χ2n) is 16.1. The van der Waals surface area contributed by atoms with Crippen molar-refractivity contribution >= 4 is 46.4 Å². The lowest BCUT2D eigenvalue weighted by Gasteiger charge is -2.49. The zero-order valence-corrected chi connectivity index (χ0v) is 36.3. The number of halogens is 7. The van der Waals surface area contributed by atoms with Crippen molar-refractivity contribution in [2.75, 3.05) is 33.7 Å². The molecule has 21 heteroatoms. The highest BCUT2D eigenvalue weighted by molar-refractivity contribution is 6.28. The average Bonchev–Trinajstić information content (AvgIpc) is 3.99. The van der Waals surface area contributed by atoms with Crippen molar-refractivity contribution in [3.8, 4) is 28.7 Å². The van der Waals surface area contributed by atoms with Crippen LogP contribution >= 0.6 is 11.6 Å². The predicted molar refractivity (Wildman–Crippen MR) is 231 cm³/mol. The van der Waals surface area contributed by atoms with Gasteiger partial charge in [0.25, 0.3) is 11.8 Å². The highest BCUT2D eigenvalue weighted by Gasteiger charge is 2.54. The van der Waals surface area contributed by atoms with Crippen molar-refractivity contribution in [3.05, 3.63) is 103 Å². The van der Waals surface area contributed by atoms with E-state index in [1.807, 2.05) is 19.9 Å². The molecule has 2 atom stereocenters. The molecule has 6 aromatic rings. The number of fused-ring (bicyclic) bond motifs is 2. The Balaban J connectivity index is 0.000000149. The Labute approximate surface area is 374 Å². The summed E-state index contributed by atoms with van der Waals surface area (Å²) in [4.78, 5) is 60.0. The van der Waals surface area contributed by atoms with Gasteiger partial charge in [0.1, 0.15) is 46.7 Å². The van der Waals surface area contributed by atoms with Crippen LogP contribution in [0.1, 0.15) is 52.4 Å². The molecule has 1 N–H and O–H groups in total. The largest absolute Gasteiger partial charge is 0.345 e. The van der Waals surface area contributed by atoms with Crippen LogP contribution in [0.3, 0.4) is 0 Å². The van der Waals surface area contributed by atoms with Crippen LogP contribution < -0.4 is 19.6 Å². The molecule has 340 valence electrons. The molecule has 2 aliphatic heterocycles. The van der Waals surface area contributed by atoms with Crippen LogP contribution in [0.25, 0.3) is 28.7 Å². The van der Waals surface area contributed by atoms with Gasteiger partial charge in [0.2, 0.25) is 23.0 Å². The van der Waals surface area contributed by atoms with Gasteiger partial charge >= 0.3 is 0 Å². The fourth-order valence-electron chi connectivity index (χ4n) is 8.51. The number of nitrogens with zero attached hydrogens (tertiary/aromatic N) is 11. The van der Waals surface area contributed by atoms with Gasteiger partial charge in [0.05, 0.1) is 12.4 Å². The lowest BCUT2D eigenvalue weighted by Crippen LogP contribution is -2.61. The number of nitrogens with one attached hydrogen (secondary N) is 1. The van der Waals surface area contributed by atoms with Crippen LogP contribution in [0, 0.1) is 11.6 Å². The van der Waals surface area contributed by atoms with Gasteiger partial charge in [-0.15, -0.1) is 0 Å². The number of hydrogen-bond donors (Lipinski definition) is 1. The predicted octanol–water partition coefficient (Wildman–Crippen LogP) is 8.53. The molecular weight excluding hydrogens is 878 g/mol. The van der Waals surface area contributed by atoms with E-state index in [1.165, 1.54) is 46.5 Å². The van der Waals surface area contributed by atoms with E-state index in [0.717, 1.165) is 5.56 Å². The summed E-state index contributed by atoms with van der Waals surface area (Å²) in [5, 5.41) is 0.0439. The third-order valence-electron chi connectivity index (χ3n) is 11.8. The first-order chi connectivity index (χ1) is 31.0. The second kappa shape index (κ2) is 17.8. The molecule has 0 spiro atoms. The number of carbonyl (C=O) groups is 2. The normalized spacial score (nSPS) is 19.9. The molecule has 4 aliphatic rings. The highest BCUT2D eigenvalue weighted by Crippen LogP contribution is 2.48. The molecule has 2 saturated carbocycles. The number of benzene rings is 2. The topological polar surface area (TPSA) is 145 Å². The summed E-state index contributed by atoms with van der Waals surface area (Å²) in [5.74, 6) is -4.06. The van der Waals surface area contributed by atoms with E-state index in [1.54, 1.807) is 71.4 Å². The number of H-pyrrole nitrogens is 1. The first kappa shape index (κ1) is 45.0. The number of aromatic nitrogens is 8.